The minimum absolute atomic E-state index is 0.185. The van der Waals surface area contributed by atoms with Crippen LogP contribution in [-0.4, -0.2) is 47.9 Å². The number of carbonyl (C=O) groups is 2. The molecule has 5 nitrogen and oxygen atoms in total. The van der Waals surface area contributed by atoms with Gasteiger partial charge in [0, 0.05) is 19.3 Å². The molecule has 1 aliphatic heterocycles. The van der Waals surface area contributed by atoms with Crippen molar-refractivity contribution >= 4 is 11.7 Å². The molecule has 0 saturated carbocycles. The van der Waals surface area contributed by atoms with Gasteiger partial charge in [-0.25, -0.2) is 0 Å². The number of Topliss-reactive ketones (excluding diaryl/α,β-unsaturated/α-hetero) is 1. The van der Waals surface area contributed by atoms with E-state index in [4.69, 9.17) is 4.74 Å². The van der Waals surface area contributed by atoms with Crippen molar-refractivity contribution in [3.63, 3.8) is 0 Å². The first kappa shape index (κ1) is 15.4. The molecule has 0 aliphatic carbocycles. The Morgan fingerprint density at radius 1 is 1.00 bits per heavy atom. The standard InChI is InChI=1S/C18H18N2O3/c21-17(15-8-4-5-9-19-15)16(14-6-2-1-3-7-14)18(22)20-10-12-23-13-11-20/h1-9,16H,10-13H2. The van der Waals surface area contributed by atoms with E-state index in [-0.39, 0.29) is 11.7 Å². The van der Waals surface area contributed by atoms with Crippen molar-refractivity contribution in [2.45, 2.75) is 5.92 Å². The molecule has 1 saturated heterocycles. The summed E-state index contributed by atoms with van der Waals surface area (Å²) in [5.74, 6) is -1.31. The lowest BCUT2D eigenvalue weighted by molar-refractivity contribution is -0.135. The summed E-state index contributed by atoms with van der Waals surface area (Å²) in [6, 6.07) is 14.3. The summed E-state index contributed by atoms with van der Waals surface area (Å²) >= 11 is 0. The van der Waals surface area contributed by atoms with Crippen LogP contribution in [0.25, 0.3) is 0 Å². The van der Waals surface area contributed by atoms with E-state index in [9.17, 15) is 9.59 Å². The maximum absolute atomic E-state index is 12.9. The minimum atomic E-state index is -0.857. The molecule has 0 spiro atoms. The fourth-order valence-corrected chi connectivity index (χ4v) is 2.67. The summed E-state index contributed by atoms with van der Waals surface area (Å²) < 4.78 is 5.29. The van der Waals surface area contributed by atoms with Crippen LogP contribution in [0.3, 0.4) is 0 Å². The van der Waals surface area contributed by atoms with Crippen LogP contribution in [0, 0.1) is 0 Å². The number of hydrogen-bond acceptors (Lipinski definition) is 4. The topological polar surface area (TPSA) is 59.5 Å². The number of benzene rings is 1. The van der Waals surface area contributed by atoms with Gasteiger partial charge in [-0.3, -0.25) is 14.6 Å². The van der Waals surface area contributed by atoms with Gasteiger partial charge in [-0.1, -0.05) is 36.4 Å². The Morgan fingerprint density at radius 3 is 2.35 bits per heavy atom. The molecule has 1 amide bonds. The number of carbonyl (C=O) groups excluding carboxylic acids is 2. The Morgan fingerprint density at radius 2 is 1.70 bits per heavy atom. The van der Waals surface area contributed by atoms with E-state index < -0.39 is 5.92 Å². The molecule has 2 aromatic rings. The first-order valence-corrected chi connectivity index (χ1v) is 7.64. The van der Waals surface area contributed by atoms with E-state index in [1.54, 1.807) is 29.3 Å². The summed E-state index contributed by atoms with van der Waals surface area (Å²) in [5.41, 5.74) is 1.00. The lowest BCUT2D eigenvalue weighted by Crippen LogP contribution is -2.44. The third-order valence-corrected chi connectivity index (χ3v) is 3.88. The summed E-state index contributed by atoms with van der Waals surface area (Å²) in [7, 11) is 0. The predicted octanol–water partition coefficient (Wildman–Crippen LogP) is 1.91. The SMILES string of the molecule is O=C(c1ccccn1)C(C(=O)N1CCOCC1)c1ccccc1. The predicted molar refractivity (Wildman–Crippen MR) is 85.1 cm³/mol. The number of aromatic nitrogens is 1. The summed E-state index contributed by atoms with van der Waals surface area (Å²) in [6.45, 7) is 2.03. The molecule has 23 heavy (non-hydrogen) atoms. The van der Waals surface area contributed by atoms with Crippen LogP contribution in [0.4, 0.5) is 0 Å². The first-order chi connectivity index (χ1) is 11.3. The molecule has 0 radical (unpaired) electrons. The van der Waals surface area contributed by atoms with Crippen molar-refractivity contribution in [3.8, 4) is 0 Å². The van der Waals surface area contributed by atoms with E-state index in [0.717, 1.165) is 0 Å². The molecule has 1 aromatic heterocycles. The molecular formula is C18H18N2O3. The second-order valence-corrected chi connectivity index (χ2v) is 5.36. The van der Waals surface area contributed by atoms with Gasteiger partial charge in [0.05, 0.1) is 13.2 Å². The van der Waals surface area contributed by atoms with Crippen LogP contribution in [-0.2, 0) is 9.53 Å². The molecule has 1 fully saturated rings. The minimum Gasteiger partial charge on any atom is -0.378 e. The molecule has 3 rings (SSSR count). The lowest BCUT2D eigenvalue weighted by atomic mass is 9.91. The third kappa shape index (κ3) is 3.46. The molecule has 5 heteroatoms. The maximum atomic E-state index is 12.9. The van der Waals surface area contributed by atoms with Gasteiger partial charge in [0.2, 0.25) is 5.91 Å². The number of ketones is 1. The van der Waals surface area contributed by atoms with Crippen LogP contribution in [0.5, 0.6) is 0 Å². The van der Waals surface area contributed by atoms with Gasteiger partial charge < -0.3 is 9.64 Å². The summed E-state index contributed by atoms with van der Waals surface area (Å²) in [4.78, 5) is 31.6. The number of pyridine rings is 1. The van der Waals surface area contributed by atoms with Gasteiger partial charge >= 0.3 is 0 Å². The van der Waals surface area contributed by atoms with Crippen molar-refractivity contribution in [2.24, 2.45) is 0 Å². The zero-order valence-corrected chi connectivity index (χ0v) is 12.7. The number of nitrogens with zero attached hydrogens (tertiary/aromatic N) is 2. The van der Waals surface area contributed by atoms with Gasteiger partial charge in [0.15, 0.2) is 5.78 Å². The zero-order valence-electron chi connectivity index (χ0n) is 12.7. The summed E-state index contributed by atoms with van der Waals surface area (Å²) in [6.07, 6.45) is 1.56. The van der Waals surface area contributed by atoms with Gasteiger partial charge in [0.25, 0.3) is 0 Å². The van der Waals surface area contributed by atoms with E-state index in [2.05, 4.69) is 4.98 Å². The van der Waals surface area contributed by atoms with Crippen LogP contribution in [0.1, 0.15) is 22.0 Å². The van der Waals surface area contributed by atoms with Crippen molar-refractivity contribution < 1.29 is 14.3 Å². The van der Waals surface area contributed by atoms with Gasteiger partial charge in [-0.15, -0.1) is 0 Å². The van der Waals surface area contributed by atoms with E-state index >= 15 is 0 Å². The van der Waals surface area contributed by atoms with Crippen LogP contribution < -0.4 is 0 Å². The van der Waals surface area contributed by atoms with Crippen LogP contribution in [0.2, 0.25) is 0 Å². The Kier molecular flexibility index (Phi) is 4.78. The second-order valence-electron chi connectivity index (χ2n) is 5.36. The molecule has 1 aromatic carbocycles. The molecule has 1 atom stereocenters. The largest absolute Gasteiger partial charge is 0.378 e. The van der Waals surface area contributed by atoms with E-state index in [1.807, 2.05) is 30.3 Å². The maximum Gasteiger partial charge on any atom is 0.238 e. The second kappa shape index (κ2) is 7.15. The number of amides is 1. The van der Waals surface area contributed by atoms with Gasteiger partial charge in [-0.2, -0.15) is 0 Å². The number of hydrogen-bond donors (Lipinski definition) is 0. The highest BCUT2D eigenvalue weighted by Gasteiger charge is 2.34. The van der Waals surface area contributed by atoms with Crippen molar-refractivity contribution in [2.75, 3.05) is 26.3 Å². The molecular weight excluding hydrogens is 292 g/mol. The van der Waals surface area contributed by atoms with Gasteiger partial charge in [-0.05, 0) is 17.7 Å². The Labute approximate surface area is 134 Å². The third-order valence-electron chi connectivity index (χ3n) is 3.88. The van der Waals surface area contributed by atoms with Crippen LogP contribution >= 0.6 is 0 Å². The van der Waals surface area contributed by atoms with Crippen LogP contribution in [0.15, 0.2) is 54.7 Å². The zero-order chi connectivity index (χ0) is 16.1. The smallest absolute Gasteiger partial charge is 0.238 e. The highest BCUT2D eigenvalue weighted by atomic mass is 16.5. The average Bonchev–Trinajstić information content (AvgIpc) is 2.64. The monoisotopic (exact) mass is 310 g/mol. The van der Waals surface area contributed by atoms with Crippen molar-refractivity contribution in [1.82, 2.24) is 9.88 Å². The number of morpholine rings is 1. The Bertz CT molecular complexity index is 667. The molecule has 0 N–H and O–H groups in total. The average molecular weight is 310 g/mol. The number of ether oxygens (including phenoxy) is 1. The molecule has 118 valence electrons. The fraction of sp³-hybridized carbons (Fsp3) is 0.278. The fourth-order valence-electron chi connectivity index (χ4n) is 2.67. The molecule has 2 heterocycles. The highest BCUT2D eigenvalue weighted by Crippen LogP contribution is 2.23. The molecule has 1 aliphatic rings. The molecule has 0 bridgehead atoms. The first-order valence-electron chi connectivity index (χ1n) is 7.64. The Balaban J connectivity index is 1.94. The van der Waals surface area contributed by atoms with Crippen molar-refractivity contribution in [3.05, 3.63) is 66.0 Å². The summed E-state index contributed by atoms with van der Waals surface area (Å²) in [5, 5.41) is 0. The lowest BCUT2D eigenvalue weighted by Gasteiger charge is -2.30. The molecule has 1 unspecified atom stereocenters. The van der Waals surface area contributed by atoms with Gasteiger partial charge in [0.1, 0.15) is 11.6 Å². The number of rotatable bonds is 4. The highest BCUT2D eigenvalue weighted by molar-refractivity contribution is 6.13. The van der Waals surface area contributed by atoms with E-state index in [1.165, 1.54) is 0 Å². The quantitative estimate of drug-likeness (QED) is 0.639. The van der Waals surface area contributed by atoms with Crippen molar-refractivity contribution in [1.29, 1.82) is 0 Å². The van der Waals surface area contributed by atoms with E-state index in [0.29, 0.717) is 37.6 Å². The Hall–Kier alpha value is -2.53. The normalized spacial score (nSPS) is 15.9.